The highest BCUT2D eigenvalue weighted by Gasteiger charge is 2.31. The summed E-state index contributed by atoms with van der Waals surface area (Å²) in [6, 6.07) is 15.8. The van der Waals surface area contributed by atoms with Crippen molar-refractivity contribution in [2.75, 3.05) is 13.6 Å². The van der Waals surface area contributed by atoms with E-state index in [9.17, 15) is 14.4 Å². The molecule has 242 valence electrons. The van der Waals surface area contributed by atoms with Crippen molar-refractivity contribution in [3.8, 4) is 17.1 Å². The second kappa shape index (κ2) is 16.0. The minimum absolute atomic E-state index is 0.0634. The number of amides is 2. The number of hydrogen-bond donors (Lipinski definition) is 2. The van der Waals surface area contributed by atoms with Crippen LogP contribution in [0.1, 0.15) is 72.2 Å². The van der Waals surface area contributed by atoms with Crippen LogP contribution in [0.15, 0.2) is 54.6 Å². The van der Waals surface area contributed by atoms with Gasteiger partial charge in [-0.2, -0.15) is 0 Å². The Labute approximate surface area is 265 Å². The van der Waals surface area contributed by atoms with Crippen LogP contribution < -0.4 is 15.4 Å². The van der Waals surface area contributed by atoms with Crippen LogP contribution in [0.25, 0.3) is 11.4 Å². The van der Waals surface area contributed by atoms with Crippen molar-refractivity contribution in [2.45, 2.75) is 85.5 Å². The van der Waals surface area contributed by atoms with Crippen molar-refractivity contribution >= 4 is 18.0 Å². The summed E-state index contributed by atoms with van der Waals surface area (Å²) in [6.07, 6.45) is 1.08. The molecule has 0 saturated heterocycles. The highest BCUT2D eigenvalue weighted by Crippen LogP contribution is 2.21. The largest absolute Gasteiger partial charge is 0.445 e. The zero-order chi connectivity index (χ0) is 33.0. The fourth-order valence-corrected chi connectivity index (χ4v) is 4.30. The van der Waals surface area contributed by atoms with Crippen LogP contribution >= 0.6 is 0 Å². The minimum atomic E-state index is -0.600. The minimum Gasteiger partial charge on any atom is -0.445 e. The number of alkyl carbamates (subject to hydrolysis) is 1. The lowest BCUT2D eigenvalue weighted by Crippen LogP contribution is -2.50. The van der Waals surface area contributed by atoms with Crippen LogP contribution in [0.3, 0.4) is 0 Å². The fraction of sp³-hybridized carbons (Fsp3) is 0.485. The van der Waals surface area contributed by atoms with E-state index in [-0.39, 0.29) is 36.3 Å². The second-order valence-corrected chi connectivity index (χ2v) is 12.9. The van der Waals surface area contributed by atoms with E-state index in [0.29, 0.717) is 24.5 Å². The molecule has 0 spiro atoms. The topological polar surface area (TPSA) is 149 Å². The summed E-state index contributed by atoms with van der Waals surface area (Å²) >= 11 is 0. The van der Waals surface area contributed by atoms with E-state index < -0.39 is 17.6 Å². The maximum atomic E-state index is 12.9. The van der Waals surface area contributed by atoms with Crippen LogP contribution in [0.4, 0.5) is 9.59 Å². The van der Waals surface area contributed by atoms with Crippen LogP contribution in [-0.2, 0) is 22.7 Å². The maximum Gasteiger partial charge on any atom is 0.415 e. The molecule has 12 heteroatoms. The van der Waals surface area contributed by atoms with Gasteiger partial charge in [0.1, 0.15) is 12.4 Å². The molecule has 0 aliphatic carbocycles. The number of nitrogens with zero attached hydrogens (tertiary/aromatic N) is 5. The van der Waals surface area contributed by atoms with Gasteiger partial charge in [0, 0.05) is 30.1 Å². The monoisotopic (exact) mass is 619 g/mol. The summed E-state index contributed by atoms with van der Waals surface area (Å²) in [7, 11) is 1.56. The molecule has 2 aromatic carbocycles. The quantitative estimate of drug-likeness (QED) is 0.240. The first-order chi connectivity index (χ1) is 21.2. The molecule has 2 amide bonds. The number of Topliss-reactive ketones (excluding diaryl/α,β-unsaturated/α-hetero) is 1. The molecule has 0 saturated carbocycles. The van der Waals surface area contributed by atoms with E-state index in [1.54, 1.807) is 31.3 Å². The molecular formula is C33H45N7O5. The molecule has 3 aromatic rings. The molecule has 0 fully saturated rings. The van der Waals surface area contributed by atoms with Gasteiger partial charge in [0.25, 0.3) is 0 Å². The Balaban J connectivity index is 1.36. The molecule has 0 aliphatic heterocycles. The highest BCUT2D eigenvalue weighted by atomic mass is 16.6. The summed E-state index contributed by atoms with van der Waals surface area (Å²) in [5, 5.41) is 22.5. The van der Waals surface area contributed by atoms with E-state index in [1.165, 1.54) is 4.90 Å². The summed E-state index contributed by atoms with van der Waals surface area (Å²) in [5.74, 6) is 1.19. The number of unbranched alkanes of at least 4 members (excludes halogenated alkanes) is 1. The predicted molar refractivity (Wildman–Crippen MR) is 170 cm³/mol. The zero-order valence-electron chi connectivity index (χ0n) is 27.3. The first kappa shape index (κ1) is 35.0. The molecule has 1 atom stereocenters. The molecule has 0 aliphatic rings. The second-order valence-electron chi connectivity index (χ2n) is 12.9. The van der Waals surface area contributed by atoms with Gasteiger partial charge in [-0.3, -0.25) is 4.79 Å². The molecule has 0 bridgehead atoms. The van der Waals surface area contributed by atoms with Crippen LogP contribution in [0.5, 0.6) is 5.75 Å². The lowest BCUT2D eigenvalue weighted by atomic mass is 9.84. The smallest absolute Gasteiger partial charge is 0.415 e. The Hall–Kier alpha value is -4.45. The van der Waals surface area contributed by atoms with Crippen molar-refractivity contribution in [3.05, 3.63) is 66.0 Å². The molecule has 0 unspecified atom stereocenters. The van der Waals surface area contributed by atoms with Crippen LogP contribution in [0.2, 0.25) is 0 Å². The number of carbonyl (C=O) groups excluding carboxylic acids is 3. The van der Waals surface area contributed by atoms with Gasteiger partial charge >= 0.3 is 12.2 Å². The molecular weight excluding hydrogens is 574 g/mol. The Bertz CT molecular complexity index is 1390. The SMILES string of the molecule is CN(Cc1nnc(-c2ccccc2)nn1)C(=O)Oc1ccc(COC(=O)NCCCC[C@@H](NC(C)(C)C)C(=O)C(C)(C)C)cc1. The predicted octanol–water partition coefficient (Wildman–Crippen LogP) is 5.33. The van der Waals surface area contributed by atoms with E-state index in [0.717, 1.165) is 24.0 Å². The van der Waals surface area contributed by atoms with Gasteiger partial charge in [0.2, 0.25) is 5.82 Å². The zero-order valence-corrected chi connectivity index (χ0v) is 27.3. The Morgan fingerprint density at radius 3 is 2.11 bits per heavy atom. The lowest BCUT2D eigenvalue weighted by Gasteiger charge is -2.31. The first-order valence-corrected chi connectivity index (χ1v) is 15.1. The van der Waals surface area contributed by atoms with Crippen LogP contribution in [0, 0.1) is 5.41 Å². The summed E-state index contributed by atoms with van der Waals surface area (Å²) in [4.78, 5) is 38.9. The van der Waals surface area contributed by atoms with E-state index in [2.05, 4.69) is 31.0 Å². The summed E-state index contributed by atoms with van der Waals surface area (Å²) < 4.78 is 10.7. The number of hydrogen-bond acceptors (Lipinski definition) is 10. The lowest BCUT2D eigenvalue weighted by molar-refractivity contribution is -0.129. The molecule has 2 N–H and O–H groups in total. The molecule has 1 aromatic heterocycles. The molecule has 45 heavy (non-hydrogen) atoms. The number of rotatable bonds is 13. The van der Waals surface area contributed by atoms with Gasteiger partial charge in [-0.1, -0.05) is 63.2 Å². The summed E-state index contributed by atoms with van der Waals surface area (Å²) in [6.45, 7) is 12.5. The highest BCUT2D eigenvalue weighted by molar-refractivity contribution is 5.88. The molecule has 12 nitrogen and oxygen atoms in total. The number of aromatic nitrogens is 4. The van der Waals surface area contributed by atoms with E-state index >= 15 is 0 Å². The van der Waals surface area contributed by atoms with Crippen LogP contribution in [-0.4, -0.2) is 68.4 Å². The third-order valence-corrected chi connectivity index (χ3v) is 6.59. The average molecular weight is 620 g/mol. The first-order valence-electron chi connectivity index (χ1n) is 15.1. The van der Waals surface area contributed by atoms with E-state index in [1.807, 2.05) is 71.9 Å². The third-order valence-electron chi connectivity index (χ3n) is 6.59. The third kappa shape index (κ3) is 12.2. The van der Waals surface area contributed by atoms with E-state index in [4.69, 9.17) is 9.47 Å². The number of benzene rings is 2. The van der Waals surface area contributed by atoms with Crippen molar-refractivity contribution in [3.63, 3.8) is 0 Å². The van der Waals surface area contributed by atoms with Crippen molar-refractivity contribution in [1.29, 1.82) is 0 Å². The van der Waals surface area contributed by atoms with Gasteiger partial charge in [-0.15, -0.1) is 20.4 Å². The number of ether oxygens (including phenoxy) is 2. The number of carbonyl (C=O) groups is 3. The number of ketones is 1. The number of nitrogens with one attached hydrogen (secondary N) is 2. The molecule has 1 heterocycles. The normalized spacial score (nSPS) is 12.2. The van der Waals surface area contributed by atoms with Gasteiger partial charge in [-0.05, 0) is 57.7 Å². The van der Waals surface area contributed by atoms with Gasteiger partial charge in [0.15, 0.2) is 11.6 Å². The van der Waals surface area contributed by atoms with Gasteiger partial charge in [0.05, 0.1) is 12.6 Å². The maximum absolute atomic E-state index is 12.9. The summed E-state index contributed by atoms with van der Waals surface area (Å²) in [5.41, 5.74) is 0.930. The van der Waals surface area contributed by atoms with Crippen molar-refractivity contribution < 1.29 is 23.9 Å². The Kier molecular flexibility index (Phi) is 12.5. The Morgan fingerprint density at radius 2 is 1.51 bits per heavy atom. The molecule has 3 rings (SSSR count). The molecule has 0 radical (unpaired) electrons. The van der Waals surface area contributed by atoms with Gasteiger partial charge < -0.3 is 25.0 Å². The van der Waals surface area contributed by atoms with Gasteiger partial charge in [-0.25, -0.2) is 9.59 Å². The Morgan fingerprint density at radius 1 is 0.867 bits per heavy atom. The standard InChI is InChI=1S/C33H45N7O5/c1-32(2,3)28(41)26(35-33(4,5)6)15-11-12-20-34-30(42)44-22-23-16-18-25(19-17-23)45-31(43)40(7)21-27-36-38-29(39-37-27)24-13-9-8-10-14-24/h8-10,13-14,16-19,26,35H,11-12,15,20-22H2,1-7H3,(H,34,42)/t26-/m1/s1. The fourth-order valence-electron chi connectivity index (χ4n) is 4.30. The van der Waals surface area contributed by atoms with Crippen molar-refractivity contribution in [2.24, 2.45) is 5.41 Å². The average Bonchev–Trinajstić information content (AvgIpc) is 2.99. The van der Waals surface area contributed by atoms with Crippen molar-refractivity contribution in [1.82, 2.24) is 35.9 Å².